The second kappa shape index (κ2) is 7.27. The van der Waals surface area contributed by atoms with Crippen LogP contribution >= 0.6 is 15.9 Å². The van der Waals surface area contributed by atoms with Gasteiger partial charge in [-0.1, -0.05) is 30.3 Å². The molecule has 0 aliphatic carbocycles. The van der Waals surface area contributed by atoms with Gasteiger partial charge in [0.1, 0.15) is 0 Å². The minimum Gasteiger partial charge on any atom is -0.376 e. The first-order chi connectivity index (χ1) is 11.1. The Morgan fingerprint density at radius 1 is 1.43 bits per heavy atom. The third-order valence-electron chi connectivity index (χ3n) is 4.03. The summed E-state index contributed by atoms with van der Waals surface area (Å²) in [5.74, 6) is -0.0828. The largest absolute Gasteiger partial charge is 0.376 e. The number of aromatic nitrogens is 2. The molecular weight excluding hydrogens is 358 g/mol. The SMILES string of the molecule is Cc1[nH]nc(C(=O)N(Cc2ccccc2)C[C@H]2CCCO2)c1Br. The van der Waals surface area contributed by atoms with Crippen LogP contribution in [0.4, 0.5) is 0 Å². The second-order valence-electron chi connectivity index (χ2n) is 5.82. The molecule has 0 saturated carbocycles. The number of benzene rings is 1. The van der Waals surface area contributed by atoms with Crippen LogP contribution in [0.5, 0.6) is 0 Å². The Labute approximate surface area is 144 Å². The van der Waals surface area contributed by atoms with E-state index in [1.165, 1.54) is 0 Å². The van der Waals surface area contributed by atoms with E-state index in [2.05, 4.69) is 26.1 Å². The first-order valence-electron chi connectivity index (χ1n) is 7.80. The van der Waals surface area contributed by atoms with Gasteiger partial charge in [0.2, 0.25) is 0 Å². The number of H-pyrrole nitrogens is 1. The molecule has 6 heteroatoms. The van der Waals surface area contributed by atoms with Crippen molar-refractivity contribution in [3.8, 4) is 0 Å². The molecule has 0 bridgehead atoms. The Hall–Kier alpha value is -1.66. The normalized spacial score (nSPS) is 17.4. The van der Waals surface area contributed by atoms with Crippen LogP contribution in [0.3, 0.4) is 0 Å². The molecule has 2 heterocycles. The summed E-state index contributed by atoms with van der Waals surface area (Å²) in [6.45, 7) is 3.81. The van der Waals surface area contributed by atoms with Gasteiger partial charge in [0.25, 0.3) is 5.91 Å². The van der Waals surface area contributed by atoms with Gasteiger partial charge >= 0.3 is 0 Å². The van der Waals surface area contributed by atoms with Crippen molar-refractivity contribution in [3.05, 3.63) is 51.8 Å². The Kier molecular flexibility index (Phi) is 5.13. The molecule has 1 N–H and O–H groups in total. The van der Waals surface area contributed by atoms with Gasteiger partial charge in [-0.2, -0.15) is 5.10 Å². The van der Waals surface area contributed by atoms with Crippen LogP contribution in [0.15, 0.2) is 34.8 Å². The third kappa shape index (κ3) is 3.82. The first-order valence-corrected chi connectivity index (χ1v) is 8.59. The minimum atomic E-state index is -0.0828. The molecule has 1 aliphatic heterocycles. The number of nitrogens with one attached hydrogen (secondary N) is 1. The molecule has 1 aromatic heterocycles. The summed E-state index contributed by atoms with van der Waals surface area (Å²) in [5.41, 5.74) is 2.38. The zero-order chi connectivity index (χ0) is 16.2. The highest BCUT2D eigenvalue weighted by Crippen LogP contribution is 2.22. The molecule has 2 aromatic rings. The number of rotatable bonds is 5. The van der Waals surface area contributed by atoms with Gasteiger partial charge in [-0.3, -0.25) is 9.89 Å². The molecule has 5 nitrogen and oxygen atoms in total. The number of amides is 1. The minimum absolute atomic E-state index is 0.0828. The van der Waals surface area contributed by atoms with Crippen LogP contribution in [0, 0.1) is 6.92 Å². The van der Waals surface area contributed by atoms with Crippen molar-refractivity contribution in [1.82, 2.24) is 15.1 Å². The van der Waals surface area contributed by atoms with Gasteiger partial charge < -0.3 is 9.64 Å². The molecule has 1 saturated heterocycles. The van der Waals surface area contributed by atoms with Gasteiger partial charge in [-0.15, -0.1) is 0 Å². The lowest BCUT2D eigenvalue weighted by Crippen LogP contribution is -2.37. The van der Waals surface area contributed by atoms with Crippen molar-refractivity contribution in [2.45, 2.75) is 32.4 Å². The van der Waals surface area contributed by atoms with Crippen molar-refractivity contribution in [1.29, 1.82) is 0 Å². The molecule has 1 aromatic carbocycles. The summed E-state index contributed by atoms with van der Waals surface area (Å²) in [6.07, 6.45) is 2.17. The van der Waals surface area contributed by atoms with E-state index in [1.54, 1.807) is 0 Å². The van der Waals surface area contributed by atoms with Gasteiger partial charge in [0.15, 0.2) is 5.69 Å². The van der Waals surface area contributed by atoms with E-state index in [1.807, 2.05) is 42.2 Å². The lowest BCUT2D eigenvalue weighted by molar-refractivity contribution is 0.0502. The molecule has 0 radical (unpaired) electrons. The highest BCUT2D eigenvalue weighted by atomic mass is 79.9. The van der Waals surface area contributed by atoms with E-state index >= 15 is 0 Å². The van der Waals surface area contributed by atoms with Crippen molar-refractivity contribution < 1.29 is 9.53 Å². The van der Waals surface area contributed by atoms with E-state index < -0.39 is 0 Å². The lowest BCUT2D eigenvalue weighted by atomic mass is 10.1. The highest BCUT2D eigenvalue weighted by molar-refractivity contribution is 9.10. The smallest absolute Gasteiger partial charge is 0.275 e. The van der Waals surface area contributed by atoms with Crippen LogP contribution in [0.1, 0.15) is 34.6 Å². The molecule has 0 unspecified atom stereocenters. The Bertz CT molecular complexity index is 666. The summed E-state index contributed by atoms with van der Waals surface area (Å²) >= 11 is 3.44. The third-order valence-corrected chi connectivity index (χ3v) is 5.00. The van der Waals surface area contributed by atoms with E-state index in [9.17, 15) is 4.79 Å². The summed E-state index contributed by atoms with van der Waals surface area (Å²) in [5, 5.41) is 7.00. The average molecular weight is 378 g/mol. The molecule has 122 valence electrons. The van der Waals surface area contributed by atoms with Gasteiger partial charge in [0.05, 0.1) is 10.6 Å². The molecule has 1 amide bonds. The molecule has 1 fully saturated rings. The van der Waals surface area contributed by atoms with Crippen molar-refractivity contribution >= 4 is 21.8 Å². The molecule has 23 heavy (non-hydrogen) atoms. The first kappa shape index (κ1) is 16.2. The number of hydrogen-bond acceptors (Lipinski definition) is 3. The molecule has 1 aliphatic rings. The lowest BCUT2D eigenvalue weighted by Gasteiger charge is -2.25. The van der Waals surface area contributed by atoms with Gasteiger partial charge in [0, 0.05) is 25.4 Å². The standard InChI is InChI=1S/C17H20BrN3O2/c1-12-15(18)16(20-19-12)17(22)21(11-14-8-5-9-23-14)10-13-6-3-2-4-7-13/h2-4,6-7,14H,5,8-11H2,1H3,(H,19,20)/t14-/m1/s1. The maximum Gasteiger partial charge on any atom is 0.275 e. The monoisotopic (exact) mass is 377 g/mol. The van der Waals surface area contributed by atoms with Crippen LogP contribution in [-0.4, -0.2) is 40.3 Å². The second-order valence-corrected chi connectivity index (χ2v) is 6.61. The fourth-order valence-corrected chi connectivity index (χ4v) is 3.11. The summed E-state index contributed by atoms with van der Waals surface area (Å²) < 4.78 is 6.44. The summed E-state index contributed by atoms with van der Waals surface area (Å²) in [7, 11) is 0. The zero-order valence-electron chi connectivity index (χ0n) is 13.1. The number of hydrogen-bond donors (Lipinski definition) is 1. The fourth-order valence-electron chi connectivity index (χ4n) is 2.76. The zero-order valence-corrected chi connectivity index (χ0v) is 14.7. The number of ether oxygens (including phenoxy) is 1. The maximum absolute atomic E-state index is 12.9. The van der Waals surface area contributed by atoms with Crippen molar-refractivity contribution in [2.75, 3.05) is 13.2 Å². The molecular formula is C17H20BrN3O2. The van der Waals surface area contributed by atoms with E-state index in [-0.39, 0.29) is 12.0 Å². The Balaban J connectivity index is 1.81. The quantitative estimate of drug-likeness (QED) is 0.869. The predicted octanol–water partition coefficient (Wildman–Crippen LogP) is 3.30. The van der Waals surface area contributed by atoms with Gasteiger partial charge in [-0.05, 0) is 41.3 Å². The number of carbonyl (C=O) groups excluding carboxylic acids is 1. The van der Waals surface area contributed by atoms with Crippen molar-refractivity contribution in [2.24, 2.45) is 0 Å². The molecule has 0 spiro atoms. The molecule has 1 atom stereocenters. The fraction of sp³-hybridized carbons (Fsp3) is 0.412. The number of carbonyl (C=O) groups is 1. The van der Waals surface area contributed by atoms with E-state index in [0.29, 0.717) is 18.8 Å². The number of nitrogens with zero attached hydrogens (tertiary/aromatic N) is 2. The maximum atomic E-state index is 12.9. The summed E-state index contributed by atoms with van der Waals surface area (Å²) in [6, 6.07) is 10.0. The van der Waals surface area contributed by atoms with Crippen LogP contribution in [0.25, 0.3) is 0 Å². The average Bonchev–Trinajstić information content (AvgIpc) is 3.18. The van der Waals surface area contributed by atoms with Gasteiger partial charge in [-0.25, -0.2) is 0 Å². The van der Waals surface area contributed by atoms with E-state index in [0.717, 1.165) is 35.2 Å². The van der Waals surface area contributed by atoms with Crippen LogP contribution in [-0.2, 0) is 11.3 Å². The number of halogens is 1. The summed E-state index contributed by atoms with van der Waals surface area (Å²) in [4.78, 5) is 14.8. The van der Waals surface area contributed by atoms with Crippen LogP contribution in [0.2, 0.25) is 0 Å². The highest BCUT2D eigenvalue weighted by Gasteiger charge is 2.26. The Morgan fingerprint density at radius 3 is 2.83 bits per heavy atom. The van der Waals surface area contributed by atoms with Crippen molar-refractivity contribution in [3.63, 3.8) is 0 Å². The predicted molar refractivity (Wildman–Crippen MR) is 91.2 cm³/mol. The number of aryl methyl sites for hydroxylation is 1. The van der Waals surface area contributed by atoms with E-state index in [4.69, 9.17) is 4.74 Å². The number of aromatic amines is 1. The molecule has 3 rings (SSSR count). The Morgan fingerprint density at radius 2 is 2.22 bits per heavy atom. The topological polar surface area (TPSA) is 58.2 Å². The van der Waals surface area contributed by atoms with Crippen LogP contribution < -0.4 is 0 Å².